The minimum Gasteiger partial charge on any atom is -0.394 e. The predicted molar refractivity (Wildman–Crippen MR) is 83.1 cm³/mol. The second-order valence-electron chi connectivity index (χ2n) is 5.79. The van der Waals surface area contributed by atoms with E-state index in [0.29, 0.717) is 13.0 Å². The number of ether oxygens (including phenoxy) is 1. The van der Waals surface area contributed by atoms with Gasteiger partial charge in [0.15, 0.2) is 0 Å². The van der Waals surface area contributed by atoms with Crippen LogP contribution in [0.4, 0.5) is 13.2 Å². The Morgan fingerprint density at radius 3 is 2.67 bits per heavy atom. The molecule has 0 bridgehead atoms. The fourth-order valence-corrected chi connectivity index (χ4v) is 2.91. The fraction of sp³-hybridized carbons (Fsp3) is 0.471. The van der Waals surface area contributed by atoms with Crippen LogP contribution in [0.25, 0.3) is 5.57 Å². The number of benzene rings is 1. The van der Waals surface area contributed by atoms with Crippen molar-refractivity contribution in [3.63, 3.8) is 0 Å². The van der Waals surface area contributed by atoms with Crippen LogP contribution in [-0.2, 0) is 15.7 Å². The molecule has 2 atom stereocenters. The van der Waals surface area contributed by atoms with Crippen molar-refractivity contribution in [3.05, 3.63) is 41.5 Å². The van der Waals surface area contributed by atoms with Crippen LogP contribution in [0.1, 0.15) is 24.5 Å². The van der Waals surface area contributed by atoms with Crippen molar-refractivity contribution in [2.75, 3.05) is 20.3 Å². The summed E-state index contributed by atoms with van der Waals surface area (Å²) in [5.41, 5.74) is -0.576. The molecule has 7 heteroatoms. The molecule has 1 N–H and O–H groups in total. The summed E-state index contributed by atoms with van der Waals surface area (Å²) in [6.45, 7) is 1.57. The van der Waals surface area contributed by atoms with E-state index in [1.807, 2.05) is 0 Å². The number of methoxy groups -OCH3 is 1. The molecule has 1 aromatic carbocycles. The number of hydrogen-bond acceptors (Lipinski definition) is 3. The van der Waals surface area contributed by atoms with Crippen LogP contribution in [0.15, 0.2) is 30.3 Å². The maximum absolute atomic E-state index is 13.1. The molecule has 0 aliphatic carbocycles. The molecule has 0 saturated carbocycles. The van der Waals surface area contributed by atoms with Crippen molar-refractivity contribution in [1.82, 2.24) is 4.90 Å². The van der Waals surface area contributed by atoms with E-state index >= 15 is 0 Å². The molecule has 0 spiro atoms. The first kappa shape index (κ1) is 18.5. The third kappa shape index (κ3) is 3.96. The Morgan fingerprint density at radius 2 is 2.08 bits per heavy atom. The Labute approximate surface area is 138 Å². The van der Waals surface area contributed by atoms with Crippen molar-refractivity contribution >= 4 is 11.5 Å². The highest BCUT2D eigenvalue weighted by Crippen LogP contribution is 2.35. The van der Waals surface area contributed by atoms with E-state index in [0.717, 1.165) is 6.07 Å². The van der Waals surface area contributed by atoms with E-state index in [1.54, 1.807) is 0 Å². The Hall–Kier alpha value is -1.86. The van der Waals surface area contributed by atoms with Crippen molar-refractivity contribution < 1.29 is 27.8 Å². The van der Waals surface area contributed by atoms with Gasteiger partial charge < -0.3 is 14.7 Å². The fourth-order valence-electron chi connectivity index (χ4n) is 2.91. The number of rotatable bonds is 4. The maximum atomic E-state index is 13.1. The third-order valence-electron chi connectivity index (χ3n) is 4.20. The topological polar surface area (TPSA) is 49.8 Å². The monoisotopic (exact) mass is 343 g/mol. The van der Waals surface area contributed by atoms with E-state index < -0.39 is 17.6 Å². The van der Waals surface area contributed by atoms with Crippen molar-refractivity contribution in [3.8, 4) is 0 Å². The van der Waals surface area contributed by atoms with E-state index in [4.69, 9.17) is 4.74 Å². The number of carbonyl (C=O) groups excluding carboxylic acids is 1. The predicted octanol–water partition coefficient (Wildman–Crippen LogP) is 2.72. The van der Waals surface area contributed by atoms with Gasteiger partial charge in [-0.05, 0) is 30.5 Å². The van der Waals surface area contributed by atoms with E-state index in [-0.39, 0.29) is 29.9 Å². The zero-order valence-corrected chi connectivity index (χ0v) is 13.5. The highest BCUT2D eigenvalue weighted by Gasteiger charge is 2.35. The Kier molecular flexibility index (Phi) is 5.66. The van der Waals surface area contributed by atoms with Gasteiger partial charge in [0.2, 0.25) is 5.91 Å². The summed E-state index contributed by atoms with van der Waals surface area (Å²) < 4.78 is 44.5. The quantitative estimate of drug-likeness (QED) is 0.855. The summed E-state index contributed by atoms with van der Waals surface area (Å²) in [6.07, 6.45) is -2.98. The van der Waals surface area contributed by atoms with Crippen LogP contribution in [0.3, 0.4) is 0 Å². The van der Waals surface area contributed by atoms with Gasteiger partial charge in [-0.3, -0.25) is 4.79 Å². The van der Waals surface area contributed by atoms with Gasteiger partial charge in [-0.2, -0.15) is 13.2 Å². The molecule has 0 radical (unpaired) electrons. The smallest absolute Gasteiger partial charge is 0.394 e. The molecule has 132 valence electrons. The molecule has 1 heterocycles. The van der Waals surface area contributed by atoms with Crippen molar-refractivity contribution in [1.29, 1.82) is 0 Å². The number of carbonyl (C=O) groups is 1. The molecule has 1 amide bonds. The lowest BCUT2D eigenvalue weighted by Crippen LogP contribution is -2.37. The van der Waals surface area contributed by atoms with E-state index in [1.165, 1.54) is 43.2 Å². The highest BCUT2D eigenvalue weighted by atomic mass is 19.4. The number of alkyl halides is 3. The van der Waals surface area contributed by atoms with Gasteiger partial charge in [-0.15, -0.1) is 0 Å². The van der Waals surface area contributed by atoms with Crippen molar-refractivity contribution in [2.45, 2.75) is 31.7 Å². The van der Waals surface area contributed by atoms with Crippen LogP contribution >= 0.6 is 0 Å². The van der Waals surface area contributed by atoms with Crippen LogP contribution in [0.5, 0.6) is 0 Å². The van der Waals surface area contributed by atoms with Crippen LogP contribution < -0.4 is 0 Å². The molecular formula is C17H20F3NO3. The Bertz CT molecular complexity index is 628. The number of likely N-dealkylation sites (tertiary alicyclic amines) is 1. The van der Waals surface area contributed by atoms with Gasteiger partial charge in [0, 0.05) is 19.7 Å². The molecule has 1 aromatic rings. The number of nitrogens with zero attached hydrogens (tertiary/aromatic N) is 1. The first-order chi connectivity index (χ1) is 11.3. The minimum absolute atomic E-state index is 0.0265. The van der Waals surface area contributed by atoms with Gasteiger partial charge in [0.25, 0.3) is 0 Å². The normalized spacial score (nSPS) is 22.1. The third-order valence-corrected chi connectivity index (χ3v) is 4.20. The van der Waals surface area contributed by atoms with Crippen LogP contribution in [-0.4, -0.2) is 48.3 Å². The molecule has 24 heavy (non-hydrogen) atoms. The summed E-state index contributed by atoms with van der Waals surface area (Å²) in [6, 6.07) is 4.76. The second kappa shape index (κ2) is 7.36. The molecule has 4 nitrogen and oxygen atoms in total. The molecule has 1 fully saturated rings. The van der Waals surface area contributed by atoms with Gasteiger partial charge in [0.1, 0.15) is 0 Å². The Balaban J connectivity index is 2.27. The molecule has 1 aliphatic rings. The highest BCUT2D eigenvalue weighted by molar-refractivity contribution is 5.95. The van der Waals surface area contributed by atoms with Crippen LogP contribution in [0.2, 0.25) is 0 Å². The first-order valence-electron chi connectivity index (χ1n) is 7.57. The maximum Gasteiger partial charge on any atom is 0.416 e. The number of allylic oxidation sites excluding steroid dienone is 1. The van der Waals surface area contributed by atoms with Gasteiger partial charge in [-0.25, -0.2) is 0 Å². The summed E-state index contributed by atoms with van der Waals surface area (Å²) >= 11 is 0. The summed E-state index contributed by atoms with van der Waals surface area (Å²) in [5.74, 6) is -0.428. The largest absolute Gasteiger partial charge is 0.416 e. The van der Waals surface area contributed by atoms with Gasteiger partial charge in [-0.1, -0.05) is 18.2 Å². The number of amides is 1. The first-order valence-corrected chi connectivity index (χ1v) is 7.57. The average molecular weight is 343 g/mol. The standard InChI is InChI=1S/C17H20F3NO3/c1-11(14-5-3-4-6-15(14)17(18,19)20)7-16(23)21-9-13(24-2)8-12(21)10-22/h3-7,12-13,22H,8-10H2,1-2H3/b11-7+/t12-,13-/m0/s1. The minimum atomic E-state index is -4.49. The number of halogens is 3. The number of aliphatic hydroxyl groups excluding tert-OH is 1. The van der Waals surface area contributed by atoms with Crippen LogP contribution in [0, 0.1) is 0 Å². The summed E-state index contributed by atoms with van der Waals surface area (Å²) in [4.78, 5) is 13.9. The lowest BCUT2D eigenvalue weighted by Gasteiger charge is -2.21. The zero-order valence-electron chi connectivity index (χ0n) is 13.5. The average Bonchev–Trinajstić information content (AvgIpc) is 2.97. The molecule has 0 aromatic heterocycles. The van der Waals surface area contributed by atoms with Gasteiger partial charge >= 0.3 is 6.18 Å². The molecule has 1 aliphatic heterocycles. The molecule has 2 rings (SSSR count). The Morgan fingerprint density at radius 1 is 1.42 bits per heavy atom. The van der Waals surface area contributed by atoms with Gasteiger partial charge in [0.05, 0.1) is 24.3 Å². The van der Waals surface area contributed by atoms with E-state index in [9.17, 15) is 23.1 Å². The summed E-state index contributed by atoms with van der Waals surface area (Å²) in [5, 5.41) is 9.38. The summed E-state index contributed by atoms with van der Waals surface area (Å²) in [7, 11) is 1.52. The van der Waals surface area contributed by atoms with E-state index in [2.05, 4.69) is 0 Å². The number of aliphatic hydroxyl groups is 1. The second-order valence-corrected chi connectivity index (χ2v) is 5.79. The molecule has 1 saturated heterocycles. The van der Waals surface area contributed by atoms with Crippen molar-refractivity contribution in [2.24, 2.45) is 0 Å². The SMILES string of the molecule is CO[C@H]1C[C@@H](CO)N(C(=O)/C=C(\C)c2ccccc2C(F)(F)F)C1. The molecule has 0 unspecified atom stereocenters. The zero-order chi connectivity index (χ0) is 17.9. The molecular weight excluding hydrogens is 323 g/mol. The lowest BCUT2D eigenvalue weighted by atomic mass is 10.00. The lowest BCUT2D eigenvalue weighted by molar-refractivity contribution is -0.137. The number of hydrogen-bond donors (Lipinski definition) is 1.